The Morgan fingerprint density at radius 2 is 1.85 bits per heavy atom. The first-order valence-corrected chi connectivity index (χ1v) is 12.3. The molecule has 4 aromatic rings. The number of rotatable bonds is 7. The first-order valence-electron chi connectivity index (χ1n) is 12.3. The second-order valence-electron chi connectivity index (χ2n) is 9.20. The highest BCUT2D eigenvalue weighted by molar-refractivity contribution is 5.95. The minimum Gasteiger partial charge on any atom is -0.493 e. The summed E-state index contributed by atoms with van der Waals surface area (Å²) >= 11 is 0. The Morgan fingerprint density at radius 1 is 1.08 bits per heavy atom. The summed E-state index contributed by atoms with van der Waals surface area (Å²) in [7, 11) is 3.10. The third-order valence-corrected chi connectivity index (χ3v) is 6.90. The fourth-order valence-corrected chi connectivity index (χ4v) is 4.94. The number of amides is 1. The fourth-order valence-electron chi connectivity index (χ4n) is 4.94. The van der Waals surface area contributed by atoms with Crippen LogP contribution < -0.4 is 19.8 Å². The van der Waals surface area contributed by atoms with E-state index >= 15 is 0 Å². The molecule has 200 valence electrons. The van der Waals surface area contributed by atoms with Gasteiger partial charge in [-0.25, -0.2) is 4.79 Å². The zero-order valence-corrected chi connectivity index (χ0v) is 21.6. The van der Waals surface area contributed by atoms with Crippen LogP contribution in [-0.4, -0.2) is 43.1 Å². The first kappa shape index (κ1) is 25.8. The molecule has 10 nitrogen and oxygen atoms in total. The maximum atomic E-state index is 13.7. The number of ether oxygens (including phenoxy) is 3. The maximum absolute atomic E-state index is 13.7. The topological polar surface area (TPSA) is 121 Å². The van der Waals surface area contributed by atoms with Gasteiger partial charge in [0.25, 0.3) is 11.6 Å². The molecular formula is C29H26N2O8. The third kappa shape index (κ3) is 5.00. The number of hydrogen-bond donors (Lipinski definition) is 0. The number of benzene rings is 3. The Morgan fingerprint density at radius 3 is 2.59 bits per heavy atom. The van der Waals surface area contributed by atoms with Crippen molar-refractivity contribution in [1.82, 2.24) is 4.90 Å². The SMILES string of the molecule is COc1cc2c(cc1OC)[C@H](COc1ccc3c(C)cc(=O)oc3c1)N(C(=O)c1cccc([N+](=O)[O-])c1)CC2. The molecule has 1 atom stereocenters. The van der Waals surface area contributed by atoms with E-state index < -0.39 is 16.6 Å². The summed E-state index contributed by atoms with van der Waals surface area (Å²) in [6.07, 6.45) is 0.549. The zero-order chi connectivity index (χ0) is 27.7. The summed E-state index contributed by atoms with van der Waals surface area (Å²) in [4.78, 5) is 38.0. The summed E-state index contributed by atoms with van der Waals surface area (Å²) < 4.78 is 22.5. The highest BCUT2D eigenvalue weighted by Crippen LogP contribution is 2.39. The molecule has 1 amide bonds. The van der Waals surface area contributed by atoms with Crippen LogP contribution in [0.1, 0.15) is 33.1 Å². The fraction of sp³-hybridized carbons (Fsp3) is 0.241. The number of non-ortho nitro benzene ring substituents is 1. The highest BCUT2D eigenvalue weighted by atomic mass is 16.6. The highest BCUT2D eigenvalue weighted by Gasteiger charge is 2.34. The standard InChI is InChI=1S/C29H26N2O8/c1-17-11-28(32)39-25-14-21(7-8-22(17)25)38-16-24-23-15-27(37-3)26(36-2)13-18(23)9-10-30(24)29(33)19-5-4-6-20(12-19)31(34)35/h4-8,11-15,24H,9-10,16H2,1-3H3/t24-/m0/s1. The number of aryl methyl sites for hydroxylation is 1. The van der Waals surface area contributed by atoms with E-state index in [9.17, 15) is 19.7 Å². The predicted octanol–water partition coefficient (Wildman–Crippen LogP) is 4.85. The number of nitro benzene ring substituents is 1. The van der Waals surface area contributed by atoms with Crippen LogP contribution in [0.5, 0.6) is 17.2 Å². The predicted molar refractivity (Wildman–Crippen MR) is 143 cm³/mol. The van der Waals surface area contributed by atoms with Crippen molar-refractivity contribution < 1.29 is 28.3 Å². The molecule has 0 saturated heterocycles. The largest absolute Gasteiger partial charge is 0.493 e. The van der Waals surface area contributed by atoms with Crippen molar-refractivity contribution in [1.29, 1.82) is 0 Å². The van der Waals surface area contributed by atoms with Gasteiger partial charge in [-0.15, -0.1) is 0 Å². The van der Waals surface area contributed by atoms with E-state index in [2.05, 4.69) is 0 Å². The quantitative estimate of drug-likeness (QED) is 0.189. The van der Waals surface area contributed by atoms with Crippen LogP contribution in [0.4, 0.5) is 5.69 Å². The minimum atomic E-state index is -0.541. The van der Waals surface area contributed by atoms with Crippen molar-refractivity contribution in [2.75, 3.05) is 27.4 Å². The molecule has 0 aliphatic carbocycles. The number of nitrogens with zero attached hydrogens (tertiary/aromatic N) is 2. The van der Waals surface area contributed by atoms with E-state index in [1.165, 1.54) is 31.4 Å². The van der Waals surface area contributed by atoms with Gasteiger partial charge in [-0.2, -0.15) is 0 Å². The van der Waals surface area contributed by atoms with Gasteiger partial charge in [-0.1, -0.05) is 6.07 Å². The van der Waals surface area contributed by atoms with Crippen LogP contribution in [0, 0.1) is 17.0 Å². The van der Waals surface area contributed by atoms with Crippen molar-refractivity contribution in [3.8, 4) is 17.2 Å². The molecule has 0 N–H and O–H groups in total. The number of carbonyl (C=O) groups excluding carboxylic acids is 1. The molecule has 0 spiro atoms. The monoisotopic (exact) mass is 530 g/mol. The van der Waals surface area contributed by atoms with Gasteiger partial charge in [0.05, 0.1) is 25.2 Å². The average molecular weight is 531 g/mol. The molecule has 1 aromatic heterocycles. The zero-order valence-electron chi connectivity index (χ0n) is 21.6. The van der Waals surface area contributed by atoms with E-state index in [1.807, 2.05) is 25.1 Å². The summed E-state index contributed by atoms with van der Waals surface area (Å²) in [5.41, 5.74) is 2.59. The van der Waals surface area contributed by atoms with E-state index in [0.29, 0.717) is 35.8 Å². The summed E-state index contributed by atoms with van der Waals surface area (Å²) in [6.45, 7) is 2.27. The molecule has 2 heterocycles. The molecule has 1 aliphatic heterocycles. The molecule has 5 rings (SSSR count). The molecule has 3 aromatic carbocycles. The van der Waals surface area contributed by atoms with Gasteiger partial charge in [0, 0.05) is 41.8 Å². The van der Waals surface area contributed by atoms with Gasteiger partial charge in [0.15, 0.2) is 11.5 Å². The lowest BCUT2D eigenvalue weighted by atomic mass is 9.91. The Balaban J connectivity index is 1.52. The van der Waals surface area contributed by atoms with Gasteiger partial charge in [0.1, 0.15) is 17.9 Å². The smallest absolute Gasteiger partial charge is 0.336 e. The van der Waals surface area contributed by atoms with Crippen LogP contribution in [-0.2, 0) is 6.42 Å². The number of nitro groups is 1. The Bertz CT molecular complexity index is 1640. The second-order valence-corrected chi connectivity index (χ2v) is 9.20. The summed E-state index contributed by atoms with van der Waals surface area (Å²) in [6, 6.07) is 15.5. The normalized spacial score (nSPS) is 14.5. The molecular weight excluding hydrogens is 504 g/mol. The lowest BCUT2D eigenvalue weighted by Gasteiger charge is -2.37. The van der Waals surface area contributed by atoms with E-state index in [4.69, 9.17) is 18.6 Å². The molecule has 0 unspecified atom stereocenters. The van der Waals surface area contributed by atoms with Crippen LogP contribution in [0.3, 0.4) is 0 Å². The Labute approximate surface area is 223 Å². The Hall–Kier alpha value is -4.86. The van der Waals surface area contributed by atoms with Crippen molar-refractivity contribution in [3.63, 3.8) is 0 Å². The molecule has 10 heteroatoms. The van der Waals surface area contributed by atoms with Crippen LogP contribution in [0.25, 0.3) is 11.0 Å². The molecule has 39 heavy (non-hydrogen) atoms. The number of hydrogen-bond acceptors (Lipinski definition) is 8. The van der Waals surface area contributed by atoms with E-state index in [1.54, 1.807) is 30.2 Å². The van der Waals surface area contributed by atoms with Crippen LogP contribution in [0.2, 0.25) is 0 Å². The molecule has 0 saturated carbocycles. The third-order valence-electron chi connectivity index (χ3n) is 6.90. The van der Waals surface area contributed by atoms with Crippen molar-refractivity contribution >= 4 is 22.6 Å². The van der Waals surface area contributed by atoms with E-state index in [-0.39, 0.29) is 23.8 Å². The Kier molecular flexibility index (Phi) is 6.93. The van der Waals surface area contributed by atoms with E-state index in [0.717, 1.165) is 22.1 Å². The first-order chi connectivity index (χ1) is 18.8. The van der Waals surface area contributed by atoms with Gasteiger partial charge < -0.3 is 23.5 Å². The lowest BCUT2D eigenvalue weighted by Crippen LogP contribution is -2.42. The van der Waals surface area contributed by atoms with Crippen molar-refractivity contribution in [2.24, 2.45) is 0 Å². The minimum absolute atomic E-state index is 0.0741. The molecule has 0 bridgehead atoms. The van der Waals surface area contributed by atoms with Crippen LogP contribution in [0.15, 0.2) is 69.9 Å². The van der Waals surface area contributed by atoms with Gasteiger partial charge in [0.2, 0.25) is 0 Å². The van der Waals surface area contributed by atoms with Crippen molar-refractivity contribution in [2.45, 2.75) is 19.4 Å². The number of fused-ring (bicyclic) bond motifs is 2. The average Bonchev–Trinajstić information content (AvgIpc) is 2.94. The van der Waals surface area contributed by atoms with Crippen molar-refractivity contribution in [3.05, 3.63) is 103 Å². The maximum Gasteiger partial charge on any atom is 0.336 e. The molecule has 0 fully saturated rings. The molecule has 1 aliphatic rings. The second kappa shape index (κ2) is 10.5. The van der Waals surface area contributed by atoms with Gasteiger partial charge in [-0.3, -0.25) is 14.9 Å². The van der Waals surface area contributed by atoms with Gasteiger partial charge in [-0.05, 0) is 60.4 Å². The summed E-state index contributed by atoms with van der Waals surface area (Å²) in [5, 5.41) is 12.1. The number of methoxy groups -OCH3 is 2. The summed E-state index contributed by atoms with van der Waals surface area (Å²) in [5.74, 6) is 1.20. The number of carbonyl (C=O) groups is 1. The van der Waals surface area contributed by atoms with Gasteiger partial charge >= 0.3 is 5.63 Å². The molecule has 0 radical (unpaired) electrons. The lowest BCUT2D eigenvalue weighted by molar-refractivity contribution is -0.384. The van der Waals surface area contributed by atoms with Crippen LogP contribution >= 0.6 is 0 Å².